The fourth-order valence-electron chi connectivity index (χ4n) is 4.24. The van der Waals surface area contributed by atoms with Crippen molar-refractivity contribution in [1.29, 1.82) is 0 Å². The van der Waals surface area contributed by atoms with E-state index in [0.29, 0.717) is 22.4 Å². The highest BCUT2D eigenvalue weighted by atomic mass is 16.7. The Bertz CT molecular complexity index is 1640. The van der Waals surface area contributed by atoms with Gasteiger partial charge < -0.3 is 9.40 Å². The molecular weight excluding hydrogens is 432 g/mol. The number of pyridine rings is 3. The fourth-order valence-corrected chi connectivity index (χ4v) is 4.24. The zero-order valence-electron chi connectivity index (χ0n) is 18.9. The Morgan fingerprint density at radius 1 is 1.09 bits per heavy atom. The van der Waals surface area contributed by atoms with Crippen molar-refractivity contribution in [2.75, 3.05) is 0 Å². The number of aromatic nitrogens is 7. The Labute approximate surface area is 194 Å². The van der Waals surface area contributed by atoms with Gasteiger partial charge in [0, 0.05) is 48.5 Å². The average molecular weight is 454 g/mol. The van der Waals surface area contributed by atoms with Gasteiger partial charge in [0.15, 0.2) is 17.2 Å². The van der Waals surface area contributed by atoms with Gasteiger partial charge in [0.25, 0.3) is 5.56 Å². The van der Waals surface area contributed by atoms with E-state index in [1.54, 1.807) is 27.8 Å². The van der Waals surface area contributed by atoms with E-state index < -0.39 is 0 Å². The third-order valence-corrected chi connectivity index (χ3v) is 6.07. The van der Waals surface area contributed by atoms with E-state index in [9.17, 15) is 4.79 Å². The number of nitrogens with one attached hydrogen (secondary N) is 1. The predicted molar refractivity (Wildman–Crippen MR) is 127 cm³/mol. The number of hydrogen-bond donors (Lipinski definition) is 1. The minimum Gasteiger partial charge on any atom is -0.408 e. The molecule has 5 aromatic rings. The molecule has 0 saturated carbocycles. The van der Waals surface area contributed by atoms with Crippen LogP contribution < -0.4 is 11.0 Å². The first-order valence-electron chi connectivity index (χ1n) is 11.0. The third kappa shape index (κ3) is 3.27. The summed E-state index contributed by atoms with van der Waals surface area (Å²) in [7, 11) is 1.85. The van der Waals surface area contributed by atoms with Gasteiger partial charge in [-0.25, -0.2) is 0 Å². The second-order valence-electron chi connectivity index (χ2n) is 8.51. The van der Waals surface area contributed by atoms with Crippen LogP contribution >= 0.6 is 0 Å². The minimum atomic E-state index is -0.361. The summed E-state index contributed by atoms with van der Waals surface area (Å²) in [5.74, 6) is 1.40. The molecule has 0 aromatic carbocycles. The molecule has 0 saturated heterocycles. The lowest BCUT2D eigenvalue weighted by Crippen LogP contribution is -2.25. The van der Waals surface area contributed by atoms with Crippen molar-refractivity contribution in [1.82, 2.24) is 39.4 Å². The van der Waals surface area contributed by atoms with Crippen LogP contribution in [0.5, 0.6) is 0 Å². The lowest BCUT2D eigenvalue weighted by atomic mass is 10.1. The van der Waals surface area contributed by atoms with E-state index in [2.05, 4.69) is 25.8 Å². The maximum absolute atomic E-state index is 13.5. The molecule has 10 heteroatoms. The summed E-state index contributed by atoms with van der Waals surface area (Å²) < 4.78 is 5.28. The van der Waals surface area contributed by atoms with Crippen molar-refractivity contribution in [2.45, 2.75) is 25.9 Å². The van der Waals surface area contributed by atoms with Gasteiger partial charge in [-0.1, -0.05) is 0 Å². The van der Waals surface area contributed by atoms with E-state index in [4.69, 9.17) is 4.84 Å². The third-order valence-electron chi connectivity index (χ3n) is 6.07. The molecule has 0 bridgehead atoms. The van der Waals surface area contributed by atoms with Gasteiger partial charge in [0.2, 0.25) is 0 Å². The first kappa shape index (κ1) is 20.3. The van der Waals surface area contributed by atoms with Crippen LogP contribution in [0.15, 0.2) is 66.1 Å². The molecule has 1 aliphatic heterocycles. The summed E-state index contributed by atoms with van der Waals surface area (Å²) in [5, 5.41) is 13.4. The van der Waals surface area contributed by atoms with Crippen LogP contribution in [0, 0.1) is 0 Å². The maximum atomic E-state index is 13.5. The monoisotopic (exact) mass is 454 g/mol. The van der Waals surface area contributed by atoms with Crippen LogP contribution in [0.2, 0.25) is 0 Å². The Hall–Kier alpha value is -4.31. The van der Waals surface area contributed by atoms with E-state index >= 15 is 0 Å². The van der Waals surface area contributed by atoms with Crippen LogP contribution in [0.4, 0.5) is 0 Å². The van der Waals surface area contributed by atoms with Crippen molar-refractivity contribution in [2.24, 2.45) is 7.05 Å². The second kappa shape index (κ2) is 7.63. The molecule has 0 fully saturated rings. The molecule has 1 unspecified atom stereocenters. The molecule has 170 valence electrons. The molecule has 0 radical (unpaired) electrons. The molecule has 34 heavy (non-hydrogen) atoms. The molecule has 1 aliphatic rings. The summed E-state index contributed by atoms with van der Waals surface area (Å²) in [6.07, 6.45) is 11.1. The topological polar surface area (TPSA) is 104 Å². The molecule has 5 aromatic heterocycles. The van der Waals surface area contributed by atoms with Crippen LogP contribution in [0.25, 0.3) is 33.4 Å². The van der Waals surface area contributed by atoms with Crippen LogP contribution in [-0.2, 0) is 11.9 Å². The lowest BCUT2D eigenvalue weighted by Gasteiger charge is -2.15. The molecule has 0 amide bonds. The Kier molecular flexibility index (Phi) is 4.56. The first-order chi connectivity index (χ1) is 16.5. The molecule has 2 atom stereocenters. The summed E-state index contributed by atoms with van der Waals surface area (Å²) in [4.78, 5) is 23.6. The minimum absolute atomic E-state index is 0.131. The molecule has 0 aliphatic carbocycles. The molecule has 0 spiro atoms. The van der Waals surface area contributed by atoms with Crippen molar-refractivity contribution >= 4 is 22.3 Å². The lowest BCUT2D eigenvalue weighted by molar-refractivity contribution is 0.167. The molecule has 1 N–H and O–H groups in total. The van der Waals surface area contributed by atoms with Gasteiger partial charge in [0.1, 0.15) is 0 Å². The van der Waals surface area contributed by atoms with Crippen LogP contribution in [0.3, 0.4) is 0 Å². The van der Waals surface area contributed by atoms with E-state index in [0.717, 1.165) is 22.4 Å². The summed E-state index contributed by atoms with van der Waals surface area (Å²) >= 11 is 0. The predicted octanol–water partition coefficient (Wildman–Crippen LogP) is 2.71. The summed E-state index contributed by atoms with van der Waals surface area (Å²) in [6.45, 7) is 3.95. The number of hydrogen-bond acceptors (Lipinski definition) is 7. The molecule has 6 rings (SSSR count). The van der Waals surface area contributed by atoms with Crippen LogP contribution in [-0.4, -0.2) is 40.0 Å². The summed E-state index contributed by atoms with van der Waals surface area (Å²) in [6, 6.07) is 7.31. The smallest absolute Gasteiger partial charge is 0.260 e. The van der Waals surface area contributed by atoms with Gasteiger partial charge in [-0.15, -0.1) is 15.7 Å². The largest absolute Gasteiger partial charge is 0.408 e. The van der Waals surface area contributed by atoms with E-state index in [1.165, 1.54) is 0 Å². The number of hydroxylamine groups is 1. The first-order valence-corrected chi connectivity index (χ1v) is 11.0. The number of rotatable bonds is 4. The highest BCUT2D eigenvalue weighted by molar-refractivity contribution is 5.82. The number of nitrogens with zero attached hydrogens (tertiary/aromatic N) is 7. The van der Waals surface area contributed by atoms with Gasteiger partial charge in [0.05, 0.1) is 29.2 Å². The highest BCUT2D eigenvalue weighted by Gasteiger charge is 2.20. The van der Waals surface area contributed by atoms with Crippen molar-refractivity contribution < 1.29 is 4.84 Å². The fraction of sp³-hybridized carbons (Fsp3) is 0.208. The van der Waals surface area contributed by atoms with Gasteiger partial charge in [-0.3, -0.25) is 18.9 Å². The van der Waals surface area contributed by atoms with Crippen LogP contribution in [0.1, 0.15) is 31.3 Å². The average Bonchev–Trinajstić information content (AvgIpc) is 3.58. The second-order valence-corrected chi connectivity index (χ2v) is 8.51. The van der Waals surface area contributed by atoms with E-state index in [1.807, 2.05) is 68.0 Å². The van der Waals surface area contributed by atoms with Crippen molar-refractivity contribution in [3.8, 4) is 11.1 Å². The van der Waals surface area contributed by atoms with Gasteiger partial charge >= 0.3 is 0 Å². The normalized spacial score (nSPS) is 16.7. The van der Waals surface area contributed by atoms with Gasteiger partial charge in [-0.2, -0.15) is 5.10 Å². The summed E-state index contributed by atoms with van der Waals surface area (Å²) in [5.41, 5.74) is 6.76. The quantitative estimate of drug-likeness (QED) is 0.445. The SMILES string of the molecule is CC1C=C(c2ccc3nnc([C@@H](C)n4ccc5ncc(-c6cnn(C)c6)cc5c4=O)n3c2)ON1. The van der Waals surface area contributed by atoms with Crippen molar-refractivity contribution in [3.63, 3.8) is 0 Å². The Morgan fingerprint density at radius 3 is 2.74 bits per heavy atom. The zero-order chi connectivity index (χ0) is 23.4. The highest BCUT2D eigenvalue weighted by Crippen LogP contribution is 2.24. The maximum Gasteiger partial charge on any atom is 0.260 e. The Balaban J connectivity index is 1.43. The number of fused-ring (bicyclic) bond motifs is 2. The Morgan fingerprint density at radius 2 is 1.97 bits per heavy atom. The van der Waals surface area contributed by atoms with E-state index in [-0.39, 0.29) is 17.6 Å². The van der Waals surface area contributed by atoms with Gasteiger partial charge in [-0.05, 0) is 44.2 Å². The molecule has 10 nitrogen and oxygen atoms in total. The van der Waals surface area contributed by atoms with Crippen molar-refractivity contribution in [3.05, 3.63) is 83.1 Å². The molecular formula is C24H22N8O2. The molecule has 6 heterocycles. The standard InChI is InChI=1S/C24H22N8O2/c1-14-8-21(34-29-14)16-4-5-22-27-28-23(32(22)13-16)15(2)31-7-6-20-19(24(31)33)9-17(10-25-20)18-11-26-30(3)12-18/h4-15,29H,1-3H3/t14?,15-/m1/s1. The number of aryl methyl sites for hydroxylation is 1. The zero-order valence-corrected chi connectivity index (χ0v) is 18.9.